The largest absolute Gasteiger partial charge is 0.361 e. The van der Waals surface area contributed by atoms with Gasteiger partial charge in [-0.3, -0.25) is 4.99 Å². The first-order valence-corrected chi connectivity index (χ1v) is 6.78. The van der Waals surface area contributed by atoms with Crippen LogP contribution in [0.15, 0.2) is 35.5 Å². The number of hydrogen-bond donors (Lipinski definition) is 3. The Morgan fingerprint density at radius 3 is 2.90 bits per heavy atom. The summed E-state index contributed by atoms with van der Waals surface area (Å²) < 4.78 is 0. The average Bonchev–Trinajstić information content (AvgIpc) is 2.89. The maximum atomic E-state index is 5.22. The van der Waals surface area contributed by atoms with E-state index < -0.39 is 0 Å². The predicted molar refractivity (Wildman–Crippen MR) is 84.8 cm³/mol. The van der Waals surface area contributed by atoms with Crippen molar-refractivity contribution in [3.63, 3.8) is 0 Å². The van der Waals surface area contributed by atoms with Crippen LogP contribution in [0, 0.1) is 12.3 Å². The van der Waals surface area contributed by atoms with E-state index in [0.717, 1.165) is 25.5 Å². The lowest BCUT2D eigenvalue weighted by Crippen LogP contribution is -2.38. The van der Waals surface area contributed by atoms with Gasteiger partial charge in [0.2, 0.25) is 0 Å². The quantitative estimate of drug-likeness (QED) is 0.336. The molecule has 0 atom stereocenters. The van der Waals surface area contributed by atoms with Crippen LogP contribution < -0.4 is 10.6 Å². The molecule has 1 heterocycles. The third-order valence-corrected chi connectivity index (χ3v) is 3.15. The summed E-state index contributed by atoms with van der Waals surface area (Å²) in [7, 11) is 1.76. The summed E-state index contributed by atoms with van der Waals surface area (Å²) in [5.74, 6) is 3.39. The second-order valence-corrected chi connectivity index (χ2v) is 4.49. The lowest BCUT2D eigenvalue weighted by atomic mass is 10.1. The second kappa shape index (κ2) is 7.25. The van der Waals surface area contributed by atoms with E-state index in [2.05, 4.69) is 50.9 Å². The molecule has 0 aliphatic heterocycles. The summed E-state index contributed by atoms with van der Waals surface area (Å²) in [5.41, 5.74) is 2.49. The van der Waals surface area contributed by atoms with Crippen molar-refractivity contribution in [2.75, 3.05) is 20.1 Å². The maximum absolute atomic E-state index is 5.22. The normalized spacial score (nSPS) is 11.3. The molecule has 0 unspecified atom stereocenters. The summed E-state index contributed by atoms with van der Waals surface area (Å²) in [6.07, 6.45) is 8.93. The fourth-order valence-electron chi connectivity index (χ4n) is 2.13. The molecule has 1 aromatic carbocycles. The van der Waals surface area contributed by atoms with Gasteiger partial charge in [0.25, 0.3) is 0 Å². The molecule has 3 N–H and O–H groups in total. The van der Waals surface area contributed by atoms with Gasteiger partial charge in [-0.1, -0.05) is 18.2 Å². The Balaban J connectivity index is 1.85. The number of rotatable bonds is 5. The number of terminal acetylenes is 1. The highest BCUT2D eigenvalue weighted by molar-refractivity contribution is 5.83. The van der Waals surface area contributed by atoms with Gasteiger partial charge in [-0.2, -0.15) is 0 Å². The smallest absolute Gasteiger partial charge is 0.191 e. The van der Waals surface area contributed by atoms with E-state index in [1.807, 2.05) is 6.07 Å². The molecule has 4 heteroatoms. The number of aliphatic imine (C=N–C) groups is 1. The molecular formula is C16H20N4. The SMILES string of the molecule is C#CCCNC(=NC)NCCc1c[nH]c2ccccc12. The van der Waals surface area contributed by atoms with Crippen molar-refractivity contribution in [1.82, 2.24) is 15.6 Å². The van der Waals surface area contributed by atoms with Crippen molar-refractivity contribution in [3.05, 3.63) is 36.0 Å². The standard InChI is InChI=1S/C16H20N4/c1-3-4-10-18-16(17-2)19-11-9-13-12-20-15-8-6-5-7-14(13)15/h1,5-8,12,20H,4,9-11H2,2H3,(H2,17,18,19). The molecule has 0 saturated heterocycles. The van der Waals surface area contributed by atoms with Crippen LogP contribution in [-0.2, 0) is 6.42 Å². The Bertz CT molecular complexity index is 619. The first-order valence-electron chi connectivity index (χ1n) is 6.78. The molecule has 4 nitrogen and oxygen atoms in total. The van der Waals surface area contributed by atoms with Crippen molar-refractivity contribution in [2.45, 2.75) is 12.8 Å². The zero-order chi connectivity index (χ0) is 14.2. The number of nitrogens with one attached hydrogen (secondary N) is 3. The molecule has 0 saturated carbocycles. The highest BCUT2D eigenvalue weighted by atomic mass is 15.2. The number of aromatic amines is 1. The van der Waals surface area contributed by atoms with E-state index in [1.165, 1.54) is 16.5 Å². The molecule has 1 aromatic heterocycles. The minimum atomic E-state index is 0.698. The highest BCUT2D eigenvalue weighted by Crippen LogP contribution is 2.17. The van der Waals surface area contributed by atoms with Gasteiger partial charge in [0.05, 0.1) is 0 Å². The Hall–Kier alpha value is -2.41. The van der Waals surface area contributed by atoms with Crippen molar-refractivity contribution < 1.29 is 0 Å². The van der Waals surface area contributed by atoms with E-state index >= 15 is 0 Å². The number of nitrogens with zero attached hydrogens (tertiary/aromatic N) is 1. The van der Waals surface area contributed by atoms with Crippen LogP contribution >= 0.6 is 0 Å². The number of para-hydroxylation sites is 1. The van der Waals surface area contributed by atoms with Crippen LogP contribution in [-0.4, -0.2) is 31.1 Å². The van der Waals surface area contributed by atoms with Crippen LogP contribution in [0.2, 0.25) is 0 Å². The number of H-pyrrole nitrogens is 1. The molecule has 0 fully saturated rings. The van der Waals surface area contributed by atoms with Gasteiger partial charge in [0, 0.05) is 43.7 Å². The van der Waals surface area contributed by atoms with Gasteiger partial charge >= 0.3 is 0 Å². The van der Waals surface area contributed by atoms with Crippen molar-refractivity contribution in [3.8, 4) is 12.3 Å². The summed E-state index contributed by atoms with van der Waals surface area (Å²) in [5, 5.41) is 7.75. The fraction of sp³-hybridized carbons (Fsp3) is 0.312. The number of aromatic nitrogens is 1. The van der Waals surface area contributed by atoms with Gasteiger partial charge in [0.1, 0.15) is 0 Å². The molecule has 0 aliphatic carbocycles. The van der Waals surface area contributed by atoms with Crippen molar-refractivity contribution in [1.29, 1.82) is 0 Å². The highest BCUT2D eigenvalue weighted by Gasteiger charge is 2.03. The van der Waals surface area contributed by atoms with Crippen LogP contribution in [0.5, 0.6) is 0 Å². The Labute approximate surface area is 119 Å². The molecule has 20 heavy (non-hydrogen) atoms. The Morgan fingerprint density at radius 2 is 2.10 bits per heavy atom. The summed E-state index contributed by atoms with van der Waals surface area (Å²) in [6.45, 7) is 1.57. The average molecular weight is 268 g/mol. The lowest BCUT2D eigenvalue weighted by Gasteiger charge is -2.10. The first-order chi connectivity index (χ1) is 9.85. The van der Waals surface area contributed by atoms with Gasteiger partial charge in [0.15, 0.2) is 5.96 Å². The first kappa shape index (κ1) is 14.0. The zero-order valence-electron chi connectivity index (χ0n) is 11.7. The molecule has 2 rings (SSSR count). The van der Waals surface area contributed by atoms with Crippen molar-refractivity contribution >= 4 is 16.9 Å². The van der Waals surface area contributed by atoms with Gasteiger partial charge in [-0.15, -0.1) is 12.3 Å². The van der Waals surface area contributed by atoms with Crippen LogP contribution in [0.25, 0.3) is 10.9 Å². The minimum Gasteiger partial charge on any atom is -0.361 e. The summed E-state index contributed by atoms with van der Waals surface area (Å²) in [4.78, 5) is 7.45. The molecule has 0 bridgehead atoms. The molecule has 0 amide bonds. The van der Waals surface area contributed by atoms with E-state index in [9.17, 15) is 0 Å². The third kappa shape index (κ3) is 3.55. The van der Waals surface area contributed by atoms with Gasteiger partial charge < -0.3 is 15.6 Å². The van der Waals surface area contributed by atoms with E-state index in [4.69, 9.17) is 6.42 Å². The number of guanidine groups is 1. The number of hydrogen-bond acceptors (Lipinski definition) is 1. The van der Waals surface area contributed by atoms with Crippen LogP contribution in [0.4, 0.5) is 0 Å². The summed E-state index contributed by atoms with van der Waals surface area (Å²) >= 11 is 0. The van der Waals surface area contributed by atoms with E-state index in [0.29, 0.717) is 6.42 Å². The molecule has 0 aliphatic rings. The minimum absolute atomic E-state index is 0.698. The topological polar surface area (TPSA) is 52.2 Å². The fourth-order valence-corrected chi connectivity index (χ4v) is 2.13. The number of fused-ring (bicyclic) bond motifs is 1. The van der Waals surface area contributed by atoms with E-state index in [1.54, 1.807) is 7.05 Å². The van der Waals surface area contributed by atoms with Crippen molar-refractivity contribution in [2.24, 2.45) is 4.99 Å². The Kier molecular flexibility index (Phi) is 5.08. The van der Waals surface area contributed by atoms with Crippen LogP contribution in [0.1, 0.15) is 12.0 Å². The molecule has 0 radical (unpaired) electrons. The number of benzene rings is 1. The molecule has 0 spiro atoms. The monoisotopic (exact) mass is 268 g/mol. The van der Waals surface area contributed by atoms with E-state index in [-0.39, 0.29) is 0 Å². The summed E-state index contributed by atoms with van der Waals surface area (Å²) in [6, 6.07) is 8.33. The Morgan fingerprint density at radius 1 is 1.30 bits per heavy atom. The molecular weight excluding hydrogens is 248 g/mol. The predicted octanol–water partition coefficient (Wildman–Crippen LogP) is 1.90. The third-order valence-electron chi connectivity index (χ3n) is 3.15. The van der Waals surface area contributed by atoms with Crippen LogP contribution in [0.3, 0.4) is 0 Å². The molecule has 2 aromatic rings. The second-order valence-electron chi connectivity index (χ2n) is 4.49. The van der Waals surface area contributed by atoms with Gasteiger partial charge in [-0.25, -0.2) is 0 Å². The van der Waals surface area contributed by atoms with Gasteiger partial charge in [-0.05, 0) is 18.1 Å². The maximum Gasteiger partial charge on any atom is 0.191 e. The molecule has 104 valence electrons. The lowest BCUT2D eigenvalue weighted by molar-refractivity contribution is 0.798. The zero-order valence-corrected chi connectivity index (χ0v) is 11.7.